The van der Waals surface area contributed by atoms with Gasteiger partial charge in [-0.25, -0.2) is 0 Å². The minimum Gasteiger partial charge on any atom is -0.504 e. The largest absolute Gasteiger partial charge is 0.504 e. The number of hydrogen-bond donors (Lipinski definition) is 2. The van der Waals surface area contributed by atoms with Gasteiger partial charge < -0.3 is 15.6 Å². The molecule has 1 aromatic carbocycles. The first-order valence-corrected chi connectivity index (χ1v) is 5.72. The molecule has 1 aromatic rings. The van der Waals surface area contributed by atoms with Crippen LogP contribution in [0.5, 0.6) is 11.5 Å². The van der Waals surface area contributed by atoms with E-state index in [1.54, 1.807) is 12.1 Å². The van der Waals surface area contributed by atoms with Crippen molar-refractivity contribution in [1.82, 2.24) is 0 Å². The third-order valence-electron chi connectivity index (χ3n) is 3.45. The van der Waals surface area contributed by atoms with Crippen LogP contribution in [0.15, 0.2) is 12.1 Å². The molecule has 1 fully saturated rings. The SMILES string of the molecule is COc1c(O)ccc(Cl)c1C1(C(C)N)CC1. The number of halogens is 1. The fourth-order valence-corrected chi connectivity index (χ4v) is 2.62. The van der Waals surface area contributed by atoms with Crippen molar-refractivity contribution >= 4 is 11.6 Å². The first-order chi connectivity index (χ1) is 7.53. The Kier molecular flexibility index (Phi) is 2.76. The van der Waals surface area contributed by atoms with Gasteiger partial charge in [0.1, 0.15) is 0 Å². The lowest BCUT2D eigenvalue weighted by molar-refractivity contribution is 0.361. The molecule has 1 aliphatic carbocycles. The van der Waals surface area contributed by atoms with Crippen LogP contribution in [0.1, 0.15) is 25.3 Å². The highest BCUT2D eigenvalue weighted by molar-refractivity contribution is 6.31. The van der Waals surface area contributed by atoms with Crippen molar-refractivity contribution in [3.8, 4) is 11.5 Å². The molecule has 4 heteroatoms. The van der Waals surface area contributed by atoms with E-state index in [1.165, 1.54) is 7.11 Å². The topological polar surface area (TPSA) is 55.5 Å². The van der Waals surface area contributed by atoms with Crippen molar-refractivity contribution in [2.45, 2.75) is 31.2 Å². The molecule has 0 bridgehead atoms. The summed E-state index contributed by atoms with van der Waals surface area (Å²) >= 11 is 6.20. The highest BCUT2D eigenvalue weighted by Gasteiger charge is 2.50. The van der Waals surface area contributed by atoms with Gasteiger partial charge in [0.05, 0.1) is 7.11 Å². The zero-order chi connectivity index (χ0) is 11.9. The van der Waals surface area contributed by atoms with Crippen LogP contribution in [0.25, 0.3) is 0 Å². The molecule has 0 aliphatic heterocycles. The van der Waals surface area contributed by atoms with Crippen LogP contribution in [0.4, 0.5) is 0 Å². The van der Waals surface area contributed by atoms with Crippen LogP contribution in [0, 0.1) is 0 Å². The molecule has 16 heavy (non-hydrogen) atoms. The Bertz CT molecular complexity index is 414. The number of benzene rings is 1. The number of phenols is 1. The standard InChI is InChI=1S/C12H16ClNO2/c1-7(14)12(5-6-12)10-8(13)3-4-9(15)11(10)16-2/h3-4,7,15H,5-6,14H2,1-2H3. The van der Waals surface area contributed by atoms with E-state index in [9.17, 15) is 5.11 Å². The van der Waals surface area contributed by atoms with Gasteiger partial charge >= 0.3 is 0 Å². The van der Waals surface area contributed by atoms with E-state index in [0.717, 1.165) is 18.4 Å². The zero-order valence-corrected chi connectivity index (χ0v) is 10.2. The number of ether oxygens (including phenoxy) is 1. The van der Waals surface area contributed by atoms with Crippen molar-refractivity contribution < 1.29 is 9.84 Å². The van der Waals surface area contributed by atoms with E-state index in [0.29, 0.717) is 10.8 Å². The van der Waals surface area contributed by atoms with Gasteiger partial charge in [0.2, 0.25) is 0 Å². The van der Waals surface area contributed by atoms with E-state index >= 15 is 0 Å². The number of hydrogen-bond acceptors (Lipinski definition) is 3. The number of phenolic OH excluding ortho intramolecular Hbond substituents is 1. The molecule has 0 heterocycles. The smallest absolute Gasteiger partial charge is 0.165 e. The first-order valence-electron chi connectivity index (χ1n) is 5.34. The van der Waals surface area contributed by atoms with Crippen LogP contribution in [-0.2, 0) is 5.41 Å². The summed E-state index contributed by atoms with van der Waals surface area (Å²) in [4.78, 5) is 0. The summed E-state index contributed by atoms with van der Waals surface area (Å²) in [6.45, 7) is 1.97. The number of rotatable bonds is 3. The second kappa shape index (κ2) is 3.82. The van der Waals surface area contributed by atoms with Crippen LogP contribution in [0.3, 0.4) is 0 Å². The zero-order valence-electron chi connectivity index (χ0n) is 9.46. The second-order valence-corrected chi connectivity index (χ2v) is 4.83. The molecule has 1 saturated carbocycles. The molecule has 1 unspecified atom stereocenters. The summed E-state index contributed by atoms with van der Waals surface area (Å²) in [5.41, 5.74) is 6.74. The Balaban J connectivity index is 2.59. The summed E-state index contributed by atoms with van der Waals surface area (Å²) in [6, 6.07) is 3.24. The minimum absolute atomic E-state index is 0.000648. The summed E-state index contributed by atoms with van der Waals surface area (Å²) in [5.74, 6) is 0.580. The maximum Gasteiger partial charge on any atom is 0.165 e. The van der Waals surface area contributed by atoms with Gasteiger partial charge in [-0.1, -0.05) is 11.6 Å². The normalized spacial score (nSPS) is 19.2. The molecule has 2 rings (SSSR count). The predicted octanol–water partition coefficient (Wildman–Crippen LogP) is 2.43. The molecule has 1 aliphatic rings. The Morgan fingerprint density at radius 2 is 2.12 bits per heavy atom. The number of methoxy groups -OCH3 is 1. The molecule has 0 aromatic heterocycles. The van der Waals surface area contributed by atoms with Crippen LogP contribution < -0.4 is 10.5 Å². The molecule has 1 atom stereocenters. The number of nitrogens with two attached hydrogens (primary N) is 1. The van der Waals surface area contributed by atoms with Gasteiger partial charge in [0.15, 0.2) is 11.5 Å². The molecule has 3 N–H and O–H groups in total. The van der Waals surface area contributed by atoms with Gasteiger partial charge in [0.25, 0.3) is 0 Å². The van der Waals surface area contributed by atoms with Gasteiger partial charge in [-0.2, -0.15) is 0 Å². The van der Waals surface area contributed by atoms with Crippen molar-refractivity contribution in [3.63, 3.8) is 0 Å². The third kappa shape index (κ3) is 1.55. The average molecular weight is 242 g/mol. The van der Waals surface area contributed by atoms with Crippen LogP contribution in [-0.4, -0.2) is 18.3 Å². The average Bonchev–Trinajstić information content (AvgIpc) is 3.02. The van der Waals surface area contributed by atoms with Gasteiger partial charge in [0, 0.05) is 22.0 Å². The third-order valence-corrected chi connectivity index (χ3v) is 3.76. The first kappa shape index (κ1) is 11.6. The maximum absolute atomic E-state index is 9.76. The van der Waals surface area contributed by atoms with Gasteiger partial charge in [-0.15, -0.1) is 0 Å². The number of aromatic hydroxyl groups is 1. The Morgan fingerprint density at radius 3 is 2.56 bits per heavy atom. The van der Waals surface area contributed by atoms with E-state index in [1.807, 2.05) is 6.92 Å². The van der Waals surface area contributed by atoms with E-state index in [2.05, 4.69) is 0 Å². The molecular weight excluding hydrogens is 226 g/mol. The van der Waals surface area contributed by atoms with Gasteiger partial charge in [-0.3, -0.25) is 0 Å². The van der Waals surface area contributed by atoms with E-state index in [-0.39, 0.29) is 17.2 Å². The van der Waals surface area contributed by atoms with Crippen molar-refractivity contribution in [1.29, 1.82) is 0 Å². The van der Waals surface area contributed by atoms with Crippen LogP contribution >= 0.6 is 11.6 Å². The fourth-order valence-electron chi connectivity index (χ4n) is 2.29. The monoisotopic (exact) mass is 241 g/mol. The lowest BCUT2D eigenvalue weighted by atomic mass is 9.88. The highest BCUT2D eigenvalue weighted by Crippen LogP contribution is 2.57. The summed E-state index contributed by atoms with van der Waals surface area (Å²) in [6.07, 6.45) is 1.98. The Morgan fingerprint density at radius 1 is 1.50 bits per heavy atom. The molecule has 88 valence electrons. The van der Waals surface area contributed by atoms with Crippen molar-refractivity contribution in [2.24, 2.45) is 5.73 Å². The van der Waals surface area contributed by atoms with E-state index in [4.69, 9.17) is 22.1 Å². The Labute approximate surface area is 100 Å². The fraction of sp³-hybridized carbons (Fsp3) is 0.500. The highest BCUT2D eigenvalue weighted by atomic mass is 35.5. The lowest BCUT2D eigenvalue weighted by Crippen LogP contribution is -2.32. The molecule has 0 radical (unpaired) electrons. The Hall–Kier alpha value is -0.930. The van der Waals surface area contributed by atoms with E-state index < -0.39 is 0 Å². The lowest BCUT2D eigenvalue weighted by Gasteiger charge is -2.24. The van der Waals surface area contributed by atoms with Gasteiger partial charge in [-0.05, 0) is 31.9 Å². The second-order valence-electron chi connectivity index (χ2n) is 4.42. The van der Waals surface area contributed by atoms with Crippen molar-refractivity contribution in [3.05, 3.63) is 22.7 Å². The molecule has 0 saturated heterocycles. The molecule has 0 spiro atoms. The summed E-state index contributed by atoms with van der Waals surface area (Å²) in [5, 5.41) is 10.4. The predicted molar refractivity (Wildman–Crippen MR) is 64.2 cm³/mol. The minimum atomic E-state index is -0.124. The van der Waals surface area contributed by atoms with Crippen LogP contribution in [0.2, 0.25) is 5.02 Å². The maximum atomic E-state index is 9.76. The van der Waals surface area contributed by atoms with Crippen molar-refractivity contribution in [2.75, 3.05) is 7.11 Å². The summed E-state index contributed by atoms with van der Waals surface area (Å²) in [7, 11) is 1.53. The molecular formula is C12H16ClNO2. The molecule has 0 amide bonds. The quantitative estimate of drug-likeness (QED) is 0.855. The summed E-state index contributed by atoms with van der Waals surface area (Å²) < 4.78 is 5.24. The molecule has 3 nitrogen and oxygen atoms in total.